The summed E-state index contributed by atoms with van der Waals surface area (Å²) >= 11 is 0. The van der Waals surface area contributed by atoms with Crippen molar-refractivity contribution in [3.8, 4) is 11.5 Å². The Labute approximate surface area is 194 Å². The number of benzene rings is 2. The van der Waals surface area contributed by atoms with Crippen molar-refractivity contribution in [2.75, 3.05) is 25.0 Å². The van der Waals surface area contributed by atoms with Gasteiger partial charge in [-0.3, -0.25) is 9.89 Å². The zero-order chi connectivity index (χ0) is 22.6. The fourth-order valence-corrected chi connectivity index (χ4v) is 6.70. The number of hydrogen-bond acceptors (Lipinski definition) is 5. The third-order valence-corrected chi connectivity index (χ3v) is 8.04. The fraction of sp³-hybridized carbons (Fsp3) is 0.444. The van der Waals surface area contributed by atoms with E-state index in [2.05, 4.69) is 22.4 Å². The Morgan fingerprint density at radius 2 is 2.06 bits per heavy atom. The summed E-state index contributed by atoms with van der Waals surface area (Å²) in [5, 5.41) is 24.6. The Bertz CT molecular complexity index is 1120. The maximum atomic E-state index is 10.8. The summed E-state index contributed by atoms with van der Waals surface area (Å²) in [7, 11) is 0. The van der Waals surface area contributed by atoms with Crippen LogP contribution in [0.5, 0.6) is 11.5 Å². The molecule has 0 radical (unpaired) electrons. The highest BCUT2D eigenvalue weighted by Crippen LogP contribution is 2.62. The molecule has 0 saturated carbocycles. The van der Waals surface area contributed by atoms with Crippen LogP contribution >= 0.6 is 0 Å². The number of nitrogens with one attached hydrogen (secondary N) is 1. The molecule has 4 aliphatic rings. The molecule has 2 unspecified atom stereocenters. The van der Waals surface area contributed by atoms with Crippen molar-refractivity contribution < 1.29 is 14.9 Å². The zero-order valence-corrected chi connectivity index (χ0v) is 18.9. The molecule has 2 aromatic rings. The largest absolute Gasteiger partial charge is 0.504 e. The summed E-state index contributed by atoms with van der Waals surface area (Å²) in [5.41, 5.74) is 3.25. The predicted molar refractivity (Wildman–Crippen MR) is 129 cm³/mol. The van der Waals surface area contributed by atoms with Gasteiger partial charge in [0.25, 0.3) is 0 Å². The Hall–Kier alpha value is -2.83. The van der Waals surface area contributed by atoms with Crippen LogP contribution < -0.4 is 10.1 Å². The molecule has 6 nitrogen and oxygen atoms in total. The van der Waals surface area contributed by atoms with Crippen LogP contribution in [0.1, 0.15) is 30.9 Å². The Kier molecular flexibility index (Phi) is 4.96. The number of piperidine rings is 1. The lowest BCUT2D eigenvalue weighted by atomic mass is 9.53. The van der Waals surface area contributed by atoms with E-state index in [0.29, 0.717) is 17.7 Å². The molecule has 2 aliphatic carbocycles. The highest BCUT2D eigenvalue weighted by atomic mass is 16.5. The van der Waals surface area contributed by atoms with Crippen molar-refractivity contribution in [3.05, 3.63) is 65.7 Å². The number of anilines is 1. The average molecular weight is 446 g/mol. The number of aliphatic imine (C=N–C) groups is 1. The number of aromatic hydroxyl groups is 1. The number of likely N-dealkylation sites (tertiary alicyclic amines) is 1. The van der Waals surface area contributed by atoms with E-state index in [-0.39, 0.29) is 17.3 Å². The zero-order valence-electron chi connectivity index (χ0n) is 18.9. The second-order valence-electron chi connectivity index (χ2n) is 9.80. The Morgan fingerprint density at radius 3 is 2.91 bits per heavy atom. The topological polar surface area (TPSA) is 77.3 Å². The van der Waals surface area contributed by atoms with Gasteiger partial charge in [-0.05, 0) is 56.5 Å². The molecule has 6 heteroatoms. The Morgan fingerprint density at radius 1 is 1.21 bits per heavy atom. The van der Waals surface area contributed by atoms with Crippen LogP contribution in [0, 0.1) is 5.92 Å². The molecule has 0 aromatic heterocycles. The number of para-hydroxylation sites is 1. The third kappa shape index (κ3) is 3.19. The van der Waals surface area contributed by atoms with Crippen molar-refractivity contribution in [2.24, 2.45) is 10.9 Å². The van der Waals surface area contributed by atoms with E-state index in [9.17, 15) is 10.2 Å². The molecule has 1 fully saturated rings. The number of rotatable bonds is 5. The second-order valence-corrected chi connectivity index (χ2v) is 9.80. The molecule has 2 aromatic carbocycles. The minimum atomic E-state index is -0.638. The summed E-state index contributed by atoms with van der Waals surface area (Å²) in [6.45, 7) is 4.78. The number of phenolic OH excluding ortho intramolecular Hbond substituents is 1. The van der Waals surface area contributed by atoms with Crippen LogP contribution in [0.4, 0.5) is 5.69 Å². The van der Waals surface area contributed by atoms with E-state index in [0.717, 1.165) is 56.0 Å². The lowest BCUT2D eigenvalue weighted by molar-refractivity contribution is -0.0516. The molecule has 2 bridgehead atoms. The monoisotopic (exact) mass is 445 g/mol. The molecule has 1 spiro atoms. The van der Waals surface area contributed by atoms with E-state index in [4.69, 9.17) is 9.73 Å². The summed E-state index contributed by atoms with van der Waals surface area (Å²) in [4.78, 5) is 7.33. The van der Waals surface area contributed by atoms with Crippen molar-refractivity contribution in [1.82, 2.24) is 4.90 Å². The molecule has 172 valence electrons. The summed E-state index contributed by atoms with van der Waals surface area (Å²) in [5.74, 6) is 2.03. The Balaban J connectivity index is 1.18. The van der Waals surface area contributed by atoms with Gasteiger partial charge in [0.05, 0.1) is 5.84 Å². The van der Waals surface area contributed by atoms with Gasteiger partial charge in [0, 0.05) is 41.7 Å². The SMILES string of the molecule is CC(=NCCCN1CCC23c4c5ccc(O)c4O[C@H]2[C@@H](O)C=CC3[C@H]1C5)Nc1ccccc1. The molecule has 2 heterocycles. The first kappa shape index (κ1) is 20.8. The lowest BCUT2D eigenvalue weighted by Gasteiger charge is -2.57. The number of nitrogens with zero attached hydrogens (tertiary/aromatic N) is 2. The molecule has 6 rings (SSSR count). The third-order valence-electron chi connectivity index (χ3n) is 8.04. The van der Waals surface area contributed by atoms with E-state index in [1.54, 1.807) is 6.07 Å². The molecular weight excluding hydrogens is 414 g/mol. The number of hydrogen-bond donors (Lipinski definition) is 3. The van der Waals surface area contributed by atoms with Crippen LogP contribution in [0.3, 0.4) is 0 Å². The molecule has 1 saturated heterocycles. The quantitative estimate of drug-likeness (QED) is 0.284. The van der Waals surface area contributed by atoms with Gasteiger partial charge < -0.3 is 20.3 Å². The minimum absolute atomic E-state index is 0.196. The predicted octanol–water partition coefficient (Wildman–Crippen LogP) is 3.49. The van der Waals surface area contributed by atoms with E-state index >= 15 is 0 Å². The number of aliphatic hydroxyl groups is 1. The summed E-state index contributed by atoms with van der Waals surface area (Å²) < 4.78 is 6.24. The molecule has 3 N–H and O–H groups in total. The standard InChI is InChI=1S/C27H31N3O3/c1-17(29-19-6-3-2-4-7-19)28-13-5-14-30-15-12-27-20-9-11-23(32)26(27)33-25-22(31)10-8-18(24(25)27)16-21(20)30/h2-4,6-11,20-21,23,26,31-32H,5,12-16H2,1H3,(H,28,29)/t20?,21-,23+,26+,27?/m1/s1. The van der Waals surface area contributed by atoms with Gasteiger partial charge in [0.15, 0.2) is 11.5 Å². The number of amidine groups is 1. The number of ether oxygens (including phenoxy) is 1. The average Bonchev–Trinajstić information content (AvgIpc) is 3.17. The van der Waals surface area contributed by atoms with Gasteiger partial charge in [-0.25, -0.2) is 0 Å². The molecule has 2 aliphatic heterocycles. The minimum Gasteiger partial charge on any atom is -0.504 e. The van der Waals surface area contributed by atoms with Gasteiger partial charge in [0.2, 0.25) is 0 Å². The van der Waals surface area contributed by atoms with Crippen LogP contribution in [-0.2, 0) is 11.8 Å². The number of aliphatic hydroxyl groups excluding tert-OH is 1. The number of phenols is 1. The van der Waals surface area contributed by atoms with Crippen LogP contribution in [-0.4, -0.2) is 58.8 Å². The van der Waals surface area contributed by atoms with Crippen LogP contribution in [0.25, 0.3) is 0 Å². The lowest BCUT2D eigenvalue weighted by Crippen LogP contribution is -2.65. The van der Waals surface area contributed by atoms with Gasteiger partial charge in [-0.2, -0.15) is 0 Å². The first-order chi connectivity index (χ1) is 16.1. The van der Waals surface area contributed by atoms with Crippen LogP contribution in [0.15, 0.2) is 59.6 Å². The fourth-order valence-electron chi connectivity index (χ4n) is 6.70. The van der Waals surface area contributed by atoms with Gasteiger partial charge >= 0.3 is 0 Å². The van der Waals surface area contributed by atoms with E-state index in [1.165, 1.54) is 5.56 Å². The molecule has 0 amide bonds. The van der Waals surface area contributed by atoms with Crippen molar-refractivity contribution in [1.29, 1.82) is 0 Å². The van der Waals surface area contributed by atoms with Crippen molar-refractivity contribution in [2.45, 2.75) is 49.9 Å². The highest BCUT2D eigenvalue weighted by molar-refractivity contribution is 5.93. The molecule has 5 atom stereocenters. The van der Waals surface area contributed by atoms with E-state index in [1.807, 2.05) is 43.3 Å². The maximum Gasteiger partial charge on any atom is 0.165 e. The van der Waals surface area contributed by atoms with Gasteiger partial charge in [-0.1, -0.05) is 36.4 Å². The van der Waals surface area contributed by atoms with Gasteiger partial charge in [0.1, 0.15) is 12.2 Å². The first-order valence-electron chi connectivity index (χ1n) is 12.0. The van der Waals surface area contributed by atoms with Crippen LogP contribution in [0.2, 0.25) is 0 Å². The van der Waals surface area contributed by atoms with E-state index < -0.39 is 6.10 Å². The first-order valence-corrected chi connectivity index (χ1v) is 12.0. The summed E-state index contributed by atoms with van der Waals surface area (Å²) in [6.07, 6.45) is 6.06. The maximum absolute atomic E-state index is 10.8. The normalized spacial score (nSPS) is 31.8. The molecular formula is C27H31N3O3. The smallest absolute Gasteiger partial charge is 0.165 e. The second kappa shape index (κ2) is 7.89. The van der Waals surface area contributed by atoms with Crippen molar-refractivity contribution in [3.63, 3.8) is 0 Å². The molecule has 33 heavy (non-hydrogen) atoms. The van der Waals surface area contributed by atoms with Gasteiger partial charge in [-0.15, -0.1) is 0 Å². The summed E-state index contributed by atoms with van der Waals surface area (Å²) in [6, 6.07) is 14.3. The van der Waals surface area contributed by atoms with Crippen molar-refractivity contribution >= 4 is 11.5 Å². The highest BCUT2D eigenvalue weighted by Gasteiger charge is 2.64.